The molecule has 2 aliphatic rings. The van der Waals surface area contributed by atoms with Crippen LogP contribution < -0.4 is 5.32 Å². The van der Waals surface area contributed by atoms with Gasteiger partial charge in [0.05, 0.1) is 5.92 Å². The first kappa shape index (κ1) is 15.1. The Bertz CT molecular complexity index is 359. The standard InChI is InChI=1S/C15H26N2O3/c1-2-11-5-4-8-17(10-11)15(20)16-13-7-3-6-12(9-13)14(18)19/h11-13H,2-10H2,1H3,(H,16,20)(H,18,19). The Balaban J connectivity index is 1.83. The van der Waals surface area contributed by atoms with Gasteiger partial charge in [0.25, 0.3) is 0 Å². The van der Waals surface area contributed by atoms with E-state index in [-0.39, 0.29) is 18.0 Å². The molecule has 3 unspecified atom stereocenters. The molecule has 2 N–H and O–H groups in total. The third kappa shape index (κ3) is 3.87. The zero-order valence-electron chi connectivity index (χ0n) is 12.3. The molecule has 0 spiro atoms. The number of urea groups is 1. The van der Waals surface area contributed by atoms with E-state index in [1.165, 1.54) is 6.42 Å². The molecule has 1 aliphatic heterocycles. The van der Waals surface area contributed by atoms with E-state index in [1.54, 1.807) is 0 Å². The highest BCUT2D eigenvalue weighted by molar-refractivity contribution is 5.75. The van der Waals surface area contributed by atoms with Crippen molar-refractivity contribution in [1.29, 1.82) is 0 Å². The summed E-state index contributed by atoms with van der Waals surface area (Å²) in [6, 6.07) is 0.0264. The summed E-state index contributed by atoms with van der Waals surface area (Å²) in [6.07, 6.45) is 6.52. The molecule has 0 aromatic carbocycles. The quantitative estimate of drug-likeness (QED) is 0.835. The fourth-order valence-electron chi connectivity index (χ4n) is 3.39. The predicted molar refractivity (Wildman–Crippen MR) is 76.5 cm³/mol. The molecule has 5 heteroatoms. The van der Waals surface area contributed by atoms with Gasteiger partial charge in [-0.25, -0.2) is 4.79 Å². The van der Waals surface area contributed by atoms with Crippen molar-refractivity contribution in [3.05, 3.63) is 0 Å². The number of piperidine rings is 1. The van der Waals surface area contributed by atoms with Gasteiger partial charge in [-0.1, -0.05) is 19.8 Å². The molecule has 114 valence electrons. The van der Waals surface area contributed by atoms with Crippen molar-refractivity contribution in [2.75, 3.05) is 13.1 Å². The fraction of sp³-hybridized carbons (Fsp3) is 0.867. The number of hydrogen-bond donors (Lipinski definition) is 2. The molecule has 3 atom stereocenters. The van der Waals surface area contributed by atoms with Crippen LogP contribution in [0.25, 0.3) is 0 Å². The Morgan fingerprint density at radius 3 is 2.75 bits per heavy atom. The average molecular weight is 282 g/mol. The summed E-state index contributed by atoms with van der Waals surface area (Å²) in [6.45, 7) is 3.85. The zero-order valence-corrected chi connectivity index (χ0v) is 12.3. The van der Waals surface area contributed by atoms with Crippen LogP contribution in [0.3, 0.4) is 0 Å². The van der Waals surface area contributed by atoms with Crippen molar-refractivity contribution in [3.63, 3.8) is 0 Å². The third-order valence-corrected chi connectivity index (χ3v) is 4.73. The molecule has 2 rings (SSSR count). The lowest BCUT2D eigenvalue weighted by atomic mass is 9.86. The number of aliphatic carboxylic acids is 1. The van der Waals surface area contributed by atoms with Crippen molar-refractivity contribution >= 4 is 12.0 Å². The van der Waals surface area contributed by atoms with E-state index in [0.29, 0.717) is 12.3 Å². The highest BCUT2D eigenvalue weighted by atomic mass is 16.4. The van der Waals surface area contributed by atoms with E-state index in [2.05, 4.69) is 12.2 Å². The van der Waals surface area contributed by atoms with Crippen LogP contribution >= 0.6 is 0 Å². The number of nitrogens with zero attached hydrogens (tertiary/aromatic N) is 1. The van der Waals surface area contributed by atoms with Gasteiger partial charge in [-0.15, -0.1) is 0 Å². The largest absolute Gasteiger partial charge is 0.481 e. The smallest absolute Gasteiger partial charge is 0.317 e. The maximum absolute atomic E-state index is 12.3. The van der Waals surface area contributed by atoms with E-state index in [9.17, 15) is 9.59 Å². The Morgan fingerprint density at radius 2 is 2.05 bits per heavy atom. The molecule has 5 nitrogen and oxygen atoms in total. The first-order chi connectivity index (χ1) is 9.60. The number of amides is 2. The van der Waals surface area contributed by atoms with Gasteiger partial charge in [-0.3, -0.25) is 4.79 Å². The molecule has 1 heterocycles. The maximum Gasteiger partial charge on any atom is 0.317 e. The summed E-state index contributed by atoms with van der Waals surface area (Å²) >= 11 is 0. The Labute approximate surface area is 120 Å². The first-order valence-electron chi connectivity index (χ1n) is 7.88. The molecule has 0 radical (unpaired) electrons. The Hall–Kier alpha value is -1.26. The van der Waals surface area contributed by atoms with E-state index in [1.807, 2.05) is 4.90 Å². The number of carbonyl (C=O) groups excluding carboxylic acids is 1. The van der Waals surface area contributed by atoms with Crippen LogP contribution in [0.5, 0.6) is 0 Å². The van der Waals surface area contributed by atoms with E-state index >= 15 is 0 Å². The third-order valence-electron chi connectivity index (χ3n) is 4.73. The van der Waals surface area contributed by atoms with Gasteiger partial charge >= 0.3 is 12.0 Å². The van der Waals surface area contributed by atoms with E-state index in [0.717, 1.165) is 45.2 Å². The van der Waals surface area contributed by atoms with Crippen LogP contribution in [0.4, 0.5) is 4.79 Å². The van der Waals surface area contributed by atoms with Crippen molar-refractivity contribution in [1.82, 2.24) is 10.2 Å². The minimum Gasteiger partial charge on any atom is -0.481 e. The molecule has 20 heavy (non-hydrogen) atoms. The van der Waals surface area contributed by atoms with Crippen LogP contribution in [0.15, 0.2) is 0 Å². The zero-order chi connectivity index (χ0) is 14.5. The molecule has 1 aliphatic carbocycles. The van der Waals surface area contributed by atoms with Crippen LogP contribution in [-0.2, 0) is 4.79 Å². The summed E-state index contributed by atoms with van der Waals surface area (Å²) in [5, 5.41) is 12.1. The van der Waals surface area contributed by atoms with Crippen LogP contribution in [0, 0.1) is 11.8 Å². The van der Waals surface area contributed by atoms with Crippen LogP contribution in [0.2, 0.25) is 0 Å². The SMILES string of the molecule is CCC1CCCN(C(=O)NC2CCCC(C(=O)O)C2)C1. The van der Waals surface area contributed by atoms with E-state index in [4.69, 9.17) is 5.11 Å². The number of rotatable bonds is 3. The lowest BCUT2D eigenvalue weighted by Gasteiger charge is -2.35. The van der Waals surface area contributed by atoms with Gasteiger partial charge in [-0.2, -0.15) is 0 Å². The normalized spacial score (nSPS) is 30.9. The minimum atomic E-state index is -0.729. The lowest BCUT2D eigenvalue weighted by Crippen LogP contribution is -2.50. The number of carboxylic acids is 1. The summed E-state index contributed by atoms with van der Waals surface area (Å²) in [5.41, 5.74) is 0. The molecule has 1 saturated carbocycles. The molecule has 0 bridgehead atoms. The van der Waals surface area contributed by atoms with Crippen molar-refractivity contribution < 1.29 is 14.7 Å². The fourth-order valence-corrected chi connectivity index (χ4v) is 3.39. The molecular weight excluding hydrogens is 256 g/mol. The average Bonchev–Trinajstić information content (AvgIpc) is 2.47. The van der Waals surface area contributed by atoms with E-state index < -0.39 is 5.97 Å². The minimum absolute atomic E-state index is 0.000751. The van der Waals surface area contributed by atoms with Gasteiger partial charge in [0.2, 0.25) is 0 Å². The molecular formula is C15H26N2O3. The number of carbonyl (C=O) groups is 2. The Kier molecular flexibility index (Phi) is 5.26. The predicted octanol–water partition coefficient (Wildman–Crippen LogP) is 2.46. The van der Waals surface area contributed by atoms with Gasteiger partial charge < -0.3 is 15.3 Å². The lowest BCUT2D eigenvalue weighted by molar-refractivity contribution is -0.143. The van der Waals surface area contributed by atoms with Crippen molar-refractivity contribution in [2.24, 2.45) is 11.8 Å². The second kappa shape index (κ2) is 6.95. The summed E-state index contributed by atoms with van der Waals surface area (Å²) < 4.78 is 0. The summed E-state index contributed by atoms with van der Waals surface area (Å²) in [7, 11) is 0. The Morgan fingerprint density at radius 1 is 1.25 bits per heavy atom. The topological polar surface area (TPSA) is 69.6 Å². The van der Waals surface area contributed by atoms with Gasteiger partial charge in [0.15, 0.2) is 0 Å². The van der Waals surface area contributed by atoms with Crippen LogP contribution in [0.1, 0.15) is 51.9 Å². The highest BCUT2D eigenvalue weighted by Gasteiger charge is 2.30. The van der Waals surface area contributed by atoms with Crippen LogP contribution in [-0.4, -0.2) is 41.1 Å². The molecule has 2 amide bonds. The number of likely N-dealkylation sites (tertiary alicyclic amines) is 1. The summed E-state index contributed by atoms with van der Waals surface area (Å²) in [5.74, 6) is -0.403. The monoisotopic (exact) mass is 282 g/mol. The second-order valence-electron chi connectivity index (χ2n) is 6.21. The van der Waals surface area contributed by atoms with Gasteiger partial charge in [-0.05, 0) is 38.0 Å². The number of nitrogens with one attached hydrogen (secondary N) is 1. The number of hydrogen-bond acceptors (Lipinski definition) is 2. The second-order valence-corrected chi connectivity index (χ2v) is 6.21. The maximum atomic E-state index is 12.3. The van der Waals surface area contributed by atoms with Crippen molar-refractivity contribution in [2.45, 2.75) is 57.9 Å². The molecule has 2 fully saturated rings. The summed E-state index contributed by atoms with van der Waals surface area (Å²) in [4.78, 5) is 25.2. The molecule has 1 saturated heterocycles. The van der Waals surface area contributed by atoms with Gasteiger partial charge in [0, 0.05) is 19.1 Å². The molecule has 0 aromatic heterocycles. The van der Waals surface area contributed by atoms with Crippen molar-refractivity contribution in [3.8, 4) is 0 Å². The first-order valence-corrected chi connectivity index (χ1v) is 7.88. The molecule has 0 aromatic rings. The highest BCUT2D eigenvalue weighted by Crippen LogP contribution is 2.25. The van der Waals surface area contributed by atoms with Gasteiger partial charge in [0.1, 0.15) is 0 Å². The number of carboxylic acid groups (broad SMARTS) is 1.